The van der Waals surface area contributed by atoms with Gasteiger partial charge in [-0.05, 0) is 55.0 Å². The van der Waals surface area contributed by atoms with Crippen molar-refractivity contribution in [1.82, 2.24) is 9.97 Å². The zero-order valence-corrected chi connectivity index (χ0v) is 18.7. The number of benzene rings is 3. The molecule has 0 saturated heterocycles. The molecule has 0 radical (unpaired) electrons. The second kappa shape index (κ2) is 9.89. The predicted molar refractivity (Wildman–Crippen MR) is 127 cm³/mol. The van der Waals surface area contributed by atoms with E-state index in [-0.39, 0.29) is 5.91 Å². The maximum atomic E-state index is 13.2. The molecule has 8 heteroatoms. The monoisotopic (exact) mass is 465 g/mol. The normalized spacial score (nSPS) is 11.8. The Labute approximate surface area is 194 Å². The highest BCUT2D eigenvalue weighted by Crippen LogP contribution is 2.36. The summed E-state index contributed by atoms with van der Waals surface area (Å²) in [4.78, 5) is 32.9. The van der Waals surface area contributed by atoms with Gasteiger partial charge in [0.2, 0.25) is 5.91 Å². The molecule has 0 aliphatic rings. The summed E-state index contributed by atoms with van der Waals surface area (Å²) in [6.45, 7) is 2.06. The van der Waals surface area contributed by atoms with Crippen molar-refractivity contribution < 1.29 is 14.3 Å². The van der Waals surface area contributed by atoms with E-state index in [4.69, 9.17) is 16.3 Å². The second-order valence-electron chi connectivity index (χ2n) is 6.90. The van der Waals surface area contributed by atoms with Gasteiger partial charge in [0.25, 0.3) is 0 Å². The van der Waals surface area contributed by atoms with E-state index < -0.39 is 11.2 Å². The van der Waals surface area contributed by atoms with Gasteiger partial charge in [-0.1, -0.05) is 53.7 Å². The Morgan fingerprint density at radius 1 is 1.09 bits per heavy atom. The first-order valence-electron chi connectivity index (χ1n) is 9.98. The fraction of sp³-hybridized carbons (Fsp3) is 0.125. The number of carbonyl (C=O) groups excluding carboxylic acids is 2. The minimum Gasteiger partial charge on any atom is -0.462 e. The molecule has 0 fully saturated rings. The lowest BCUT2D eigenvalue weighted by Crippen LogP contribution is -2.19. The van der Waals surface area contributed by atoms with E-state index in [1.807, 2.05) is 36.4 Å². The van der Waals surface area contributed by atoms with Crippen LogP contribution in [0.1, 0.15) is 28.1 Å². The number of nitrogens with one attached hydrogen (secondary N) is 2. The maximum Gasteiger partial charge on any atom is 0.338 e. The number of fused-ring (bicyclic) bond motifs is 1. The number of anilines is 1. The van der Waals surface area contributed by atoms with Crippen molar-refractivity contribution in [3.63, 3.8) is 0 Å². The fourth-order valence-corrected chi connectivity index (χ4v) is 4.31. The van der Waals surface area contributed by atoms with Crippen molar-refractivity contribution >= 4 is 52.0 Å². The number of hydrogen-bond donors (Lipinski definition) is 2. The lowest BCUT2D eigenvalue weighted by atomic mass is 10.1. The zero-order chi connectivity index (χ0) is 22.5. The van der Waals surface area contributed by atoms with Gasteiger partial charge >= 0.3 is 5.97 Å². The van der Waals surface area contributed by atoms with Crippen molar-refractivity contribution in [2.24, 2.45) is 0 Å². The molecule has 32 heavy (non-hydrogen) atoms. The summed E-state index contributed by atoms with van der Waals surface area (Å²) >= 11 is 7.39. The molecule has 162 valence electrons. The molecule has 0 spiro atoms. The Morgan fingerprint density at radius 2 is 1.84 bits per heavy atom. The first-order valence-corrected chi connectivity index (χ1v) is 11.2. The average molecular weight is 466 g/mol. The fourth-order valence-electron chi connectivity index (χ4n) is 3.14. The standard InChI is InChI=1S/C24H20ClN3O3S/c1-2-31-23(30)16-8-11-18(12-9-16)26-22(29)21(15-6-4-3-5-7-15)32-24-27-19-13-10-17(25)14-20(19)28-24/h3-14,21H,2H2,1H3,(H,26,29)(H,27,28)/t21-/m1/s1. The van der Waals surface area contributed by atoms with Crippen LogP contribution in [0.4, 0.5) is 5.69 Å². The van der Waals surface area contributed by atoms with E-state index in [0.717, 1.165) is 16.6 Å². The minimum atomic E-state index is -0.544. The highest BCUT2D eigenvalue weighted by molar-refractivity contribution is 8.00. The van der Waals surface area contributed by atoms with Gasteiger partial charge in [0.1, 0.15) is 5.25 Å². The molecule has 1 amide bonds. The number of hydrogen-bond acceptors (Lipinski definition) is 5. The minimum absolute atomic E-state index is 0.205. The Bertz CT molecular complexity index is 1240. The summed E-state index contributed by atoms with van der Waals surface area (Å²) in [5, 5.41) is 3.61. The molecule has 3 aromatic carbocycles. The first-order chi connectivity index (χ1) is 15.5. The number of amides is 1. The molecule has 1 atom stereocenters. The molecule has 1 aromatic heterocycles. The first kappa shape index (κ1) is 21.9. The van der Waals surface area contributed by atoms with Crippen LogP contribution in [0.25, 0.3) is 11.0 Å². The predicted octanol–water partition coefficient (Wildman–Crippen LogP) is 5.87. The number of rotatable bonds is 7. The van der Waals surface area contributed by atoms with Crippen LogP contribution < -0.4 is 5.32 Å². The van der Waals surface area contributed by atoms with Crippen LogP contribution in [0.3, 0.4) is 0 Å². The van der Waals surface area contributed by atoms with E-state index in [2.05, 4.69) is 15.3 Å². The third kappa shape index (κ3) is 5.12. The quantitative estimate of drug-likeness (QED) is 0.263. The Kier molecular flexibility index (Phi) is 6.78. The molecule has 2 N–H and O–H groups in total. The van der Waals surface area contributed by atoms with Crippen molar-refractivity contribution in [3.8, 4) is 0 Å². The van der Waals surface area contributed by atoms with E-state index >= 15 is 0 Å². The van der Waals surface area contributed by atoms with E-state index in [1.54, 1.807) is 43.3 Å². The topological polar surface area (TPSA) is 84.1 Å². The molecule has 0 unspecified atom stereocenters. The largest absolute Gasteiger partial charge is 0.462 e. The molecule has 1 heterocycles. The smallest absolute Gasteiger partial charge is 0.338 e. The lowest BCUT2D eigenvalue weighted by Gasteiger charge is -2.16. The summed E-state index contributed by atoms with van der Waals surface area (Å²) in [6.07, 6.45) is 0. The van der Waals surface area contributed by atoms with Crippen LogP contribution in [0.2, 0.25) is 5.02 Å². The van der Waals surface area contributed by atoms with Crippen LogP contribution in [0.5, 0.6) is 0 Å². The molecule has 0 aliphatic carbocycles. The van der Waals surface area contributed by atoms with Crippen molar-refractivity contribution in [2.45, 2.75) is 17.3 Å². The van der Waals surface area contributed by atoms with E-state index in [1.165, 1.54) is 11.8 Å². The van der Waals surface area contributed by atoms with E-state index in [9.17, 15) is 9.59 Å². The Morgan fingerprint density at radius 3 is 2.56 bits per heavy atom. The maximum absolute atomic E-state index is 13.2. The molecule has 4 aromatic rings. The summed E-state index contributed by atoms with van der Waals surface area (Å²) in [5.41, 5.74) is 3.44. The Hall–Kier alpha value is -3.29. The van der Waals surface area contributed by atoms with Crippen LogP contribution in [0.15, 0.2) is 78.0 Å². The highest BCUT2D eigenvalue weighted by atomic mass is 35.5. The van der Waals surface area contributed by atoms with Gasteiger partial charge in [-0.3, -0.25) is 4.79 Å². The number of nitrogens with zero attached hydrogens (tertiary/aromatic N) is 1. The van der Waals surface area contributed by atoms with Gasteiger partial charge in [-0.15, -0.1) is 0 Å². The summed E-state index contributed by atoms with van der Waals surface area (Å²) in [7, 11) is 0. The molecular formula is C24H20ClN3O3S. The van der Waals surface area contributed by atoms with Gasteiger partial charge in [0.05, 0.1) is 23.2 Å². The van der Waals surface area contributed by atoms with Crippen LogP contribution in [0, 0.1) is 0 Å². The van der Waals surface area contributed by atoms with Gasteiger partial charge in [-0.2, -0.15) is 0 Å². The second-order valence-corrected chi connectivity index (χ2v) is 8.43. The number of aromatic nitrogens is 2. The SMILES string of the molecule is CCOC(=O)c1ccc(NC(=O)[C@H](Sc2nc3ccc(Cl)cc3[nH]2)c2ccccc2)cc1. The molecular weight excluding hydrogens is 446 g/mol. The van der Waals surface area contributed by atoms with Crippen molar-refractivity contribution in [2.75, 3.05) is 11.9 Å². The molecule has 6 nitrogen and oxygen atoms in total. The number of ether oxygens (including phenoxy) is 1. The van der Waals surface area contributed by atoms with Crippen molar-refractivity contribution in [3.05, 3.63) is 88.9 Å². The van der Waals surface area contributed by atoms with Gasteiger partial charge in [-0.25, -0.2) is 9.78 Å². The van der Waals surface area contributed by atoms with Crippen molar-refractivity contribution in [1.29, 1.82) is 0 Å². The number of H-pyrrole nitrogens is 1. The third-order valence-corrected chi connectivity index (χ3v) is 6.03. The zero-order valence-electron chi connectivity index (χ0n) is 17.2. The number of thioether (sulfide) groups is 1. The molecule has 0 aliphatic heterocycles. The number of esters is 1. The summed E-state index contributed by atoms with van der Waals surface area (Å²) < 4.78 is 5.00. The summed E-state index contributed by atoms with van der Waals surface area (Å²) in [5.74, 6) is -0.600. The van der Waals surface area contributed by atoms with E-state index in [0.29, 0.717) is 28.0 Å². The number of imidazole rings is 1. The van der Waals surface area contributed by atoms with Crippen LogP contribution in [-0.2, 0) is 9.53 Å². The average Bonchev–Trinajstić information content (AvgIpc) is 3.20. The molecule has 0 saturated carbocycles. The van der Waals surface area contributed by atoms with Gasteiger partial charge in [0.15, 0.2) is 5.16 Å². The van der Waals surface area contributed by atoms with Crippen LogP contribution >= 0.6 is 23.4 Å². The third-order valence-electron chi connectivity index (χ3n) is 4.66. The molecule has 0 bridgehead atoms. The van der Waals surface area contributed by atoms with Gasteiger partial charge < -0.3 is 15.0 Å². The van der Waals surface area contributed by atoms with Crippen LogP contribution in [-0.4, -0.2) is 28.5 Å². The number of aromatic amines is 1. The number of carbonyl (C=O) groups is 2. The lowest BCUT2D eigenvalue weighted by molar-refractivity contribution is -0.115. The number of halogens is 1. The summed E-state index contributed by atoms with van der Waals surface area (Å²) in [6, 6.07) is 21.5. The highest BCUT2D eigenvalue weighted by Gasteiger charge is 2.24. The Balaban J connectivity index is 1.56. The molecule has 4 rings (SSSR count). The van der Waals surface area contributed by atoms with Gasteiger partial charge in [0, 0.05) is 10.7 Å².